The zero-order chi connectivity index (χ0) is 14.0. The van der Waals surface area contributed by atoms with Crippen molar-refractivity contribution in [3.8, 4) is 5.75 Å². The summed E-state index contributed by atoms with van der Waals surface area (Å²) in [6, 6.07) is 4.41. The van der Waals surface area contributed by atoms with Gasteiger partial charge in [-0.2, -0.15) is 0 Å². The quantitative estimate of drug-likeness (QED) is 0.583. The van der Waals surface area contributed by atoms with Crippen molar-refractivity contribution in [3.63, 3.8) is 0 Å². The standard InChI is InChI=1S/C12H11N3O4/c1-6-4-7(16)2-3-9(6)14-10(17)8-5-13-12(19)15-11(8)18/h2-5,16H,1H3,(H,14,17)(H2,13,15,18,19). The molecule has 0 radical (unpaired) electrons. The molecule has 2 rings (SSSR count). The molecule has 1 aromatic heterocycles. The van der Waals surface area contributed by atoms with Crippen LogP contribution in [0.1, 0.15) is 15.9 Å². The van der Waals surface area contributed by atoms with Gasteiger partial charge < -0.3 is 15.4 Å². The number of amides is 1. The average molecular weight is 261 g/mol. The van der Waals surface area contributed by atoms with Crippen LogP contribution >= 0.6 is 0 Å². The number of H-pyrrole nitrogens is 2. The Morgan fingerprint density at radius 3 is 2.68 bits per heavy atom. The summed E-state index contributed by atoms with van der Waals surface area (Å²) in [6.07, 6.45) is 1.05. The van der Waals surface area contributed by atoms with Crippen LogP contribution in [-0.2, 0) is 0 Å². The summed E-state index contributed by atoms with van der Waals surface area (Å²) in [7, 11) is 0. The fourth-order valence-electron chi connectivity index (χ4n) is 1.56. The summed E-state index contributed by atoms with van der Waals surface area (Å²) >= 11 is 0. The van der Waals surface area contributed by atoms with Crippen LogP contribution in [0.2, 0.25) is 0 Å². The van der Waals surface area contributed by atoms with Gasteiger partial charge in [0.15, 0.2) is 0 Å². The van der Waals surface area contributed by atoms with E-state index in [4.69, 9.17) is 0 Å². The van der Waals surface area contributed by atoms with Gasteiger partial charge in [0.25, 0.3) is 11.5 Å². The first kappa shape index (κ1) is 12.6. The molecule has 0 aliphatic heterocycles. The Morgan fingerprint density at radius 2 is 2.05 bits per heavy atom. The topological polar surface area (TPSA) is 115 Å². The van der Waals surface area contributed by atoms with E-state index in [2.05, 4.69) is 10.3 Å². The minimum Gasteiger partial charge on any atom is -0.508 e. The maximum atomic E-state index is 11.9. The summed E-state index contributed by atoms with van der Waals surface area (Å²) in [5.74, 6) is -0.566. The number of phenolic OH excluding ortho intramolecular Hbond substituents is 1. The van der Waals surface area contributed by atoms with Crippen molar-refractivity contribution >= 4 is 11.6 Å². The van der Waals surface area contributed by atoms with Gasteiger partial charge in [-0.15, -0.1) is 0 Å². The maximum Gasteiger partial charge on any atom is 0.325 e. The summed E-state index contributed by atoms with van der Waals surface area (Å²) in [5.41, 5.74) is -0.533. The van der Waals surface area contributed by atoms with Gasteiger partial charge in [0, 0.05) is 11.9 Å². The van der Waals surface area contributed by atoms with E-state index in [-0.39, 0.29) is 11.3 Å². The second-order valence-electron chi connectivity index (χ2n) is 3.94. The van der Waals surface area contributed by atoms with Crippen molar-refractivity contribution in [1.82, 2.24) is 9.97 Å². The monoisotopic (exact) mass is 261 g/mol. The average Bonchev–Trinajstić information content (AvgIpc) is 2.32. The summed E-state index contributed by atoms with van der Waals surface area (Å²) in [4.78, 5) is 38.3. The number of carbonyl (C=O) groups excluding carboxylic acids is 1. The second-order valence-corrected chi connectivity index (χ2v) is 3.94. The van der Waals surface area contributed by atoms with Crippen LogP contribution in [0.15, 0.2) is 34.0 Å². The summed E-state index contributed by atoms with van der Waals surface area (Å²) in [5, 5.41) is 11.8. The van der Waals surface area contributed by atoms with Gasteiger partial charge in [-0.3, -0.25) is 14.6 Å². The first-order chi connectivity index (χ1) is 8.97. The molecule has 0 fully saturated rings. The van der Waals surface area contributed by atoms with Gasteiger partial charge in [-0.05, 0) is 30.7 Å². The molecular weight excluding hydrogens is 250 g/mol. The zero-order valence-electron chi connectivity index (χ0n) is 9.98. The molecule has 7 nitrogen and oxygen atoms in total. The van der Waals surface area contributed by atoms with Gasteiger partial charge in [0.2, 0.25) is 0 Å². The van der Waals surface area contributed by atoms with Crippen molar-refractivity contribution < 1.29 is 9.90 Å². The molecular formula is C12H11N3O4. The molecule has 98 valence electrons. The molecule has 0 spiro atoms. The van der Waals surface area contributed by atoms with Crippen LogP contribution < -0.4 is 16.6 Å². The Balaban J connectivity index is 2.31. The highest BCUT2D eigenvalue weighted by Crippen LogP contribution is 2.20. The van der Waals surface area contributed by atoms with Crippen LogP contribution in [0, 0.1) is 6.92 Å². The minimum absolute atomic E-state index is 0.0809. The molecule has 19 heavy (non-hydrogen) atoms. The first-order valence-corrected chi connectivity index (χ1v) is 5.40. The molecule has 0 unspecified atom stereocenters. The minimum atomic E-state index is -0.766. The molecule has 2 aromatic rings. The highest BCUT2D eigenvalue weighted by Gasteiger charge is 2.12. The Labute approximate surface area is 106 Å². The number of aromatic nitrogens is 2. The van der Waals surface area contributed by atoms with Crippen LogP contribution in [-0.4, -0.2) is 21.0 Å². The second kappa shape index (κ2) is 4.81. The van der Waals surface area contributed by atoms with E-state index in [1.165, 1.54) is 18.2 Å². The number of hydrogen-bond donors (Lipinski definition) is 4. The maximum absolute atomic E-state index is 11.9. The van der Waals surface area contributed by atoms with Gasteiger partial charge in [0.1, 0.15) is 11.3 Å². The molecule has 1 amide bonds. The Morgan fingerprint density at radius 1 is 1.32 bits per heavy atom. The van der Waals surface area contributed by atoms with Crippen molar-refractivity contribution in [2.75, 3.05) is 5.32 Å². The van der Waals surface area contributed by atoms with Crippen molar-refractivity contribution in [2.24, 2.45) is 0 Å². The smallest absolute Gasteiger partial charge is 0.325 e. The summed E-state index contributed by atoms with van der Waals surface area (Å²) < 4.78 is 0. The molecule has 0 atom stereocenters. The van der Waals surface area contributed by atoms with Crippen LogP contribution in [0.25, 0.3) is 0 Å². The largest absolute Gasteiger partial charge is 0.508 e. The number of hydrogen-bond acceptors (Lipinski definition) is 4. The first-order valence-electron chi connectivity index (χ1n) is 5.40. The molecule has 7 heteroatoms. The van der Waals surface area contributed by atoms with E-state index < -0.39 is 17.2 Å². The van der Waals surface area contributed by atoms with E-state index >= 15 is 0 Å². The number of carbonyl (C=O) groups is 1. The van der Waals surface area contributed by atoms with Gasteiger partial charge in [-0.1, -0.05) is 0 Å². The van der Waals surface area contributed by atoms with Crippen LogP contribution in [0.5, 0.6) is 5.75 Å². The number of anilines is 1. The van der Waals surface area contributed by atoms with Crippen molar-refractivity contribution in [3.05, 3.63) is 56.4 Å². The molecule has 0 saturated heterocycles. The van der Waals surface area contributed by atoms with Gasteiger partial charge >= 0.3 is 5.69 Å². The Hall–Kier alpha value is -2.83. The highest BCUT2D eigenvalue weighted by molar-refractivity contribution is 6.04. The van der Waals surface area contributed by atoms with Crippen LogP contribution in [0.3, 0.4) is 0 Å². The van der Waals surface area contributed by atoms with Crippen LogP contribution in [0.4, 0.5) is 5.69 Å². The lowest BCUT2D eigenvalue weighted by molar-refractivity contribution is 0.102. The Bertz CT molecular complexity index is 745. The van der Waals surface area contributed by atoms with Crippen molar-refractivity contribution in [1.29, 1.82) is 0 Å². The number of aromatic hydroxyl groups is 1. The van der Waals surface area contributed by atoms with Crippen molar-refractivity contribution in [2.45, 2.75) is 6.92 Å². The molecule has 0 aliphatic carbocycles. The van der Waals surface area contributed by atoms with E-state index in [0.717, 1.165) is 6.20 Å². The predicted octanol–water partition coefficient (Wildman–Crippen LogP) is 0.330. The molecule has 4 N–H and O–H groups in total. The van der Waals surface area contributed by atoms with Gasteiger partial charge in [-0.25, -0.2) is 4.79 Å². The van der Waals surface area contributed by atoms with E-state index in [1.54, 1.807) is 6.92 Å². The summed E-state index contributed by atoms with van der Waals surface area (Å²) in [6.45, 7) is 1.70. The number of aromatic amines is 2. The fraction of sp³-hybridized carbons (Fsp3) is 0.0833. The third-order valence-corrected chi connectivity index (χ3v) is 2.52. The lowest BCUT2D eigenvalue weighted by atomic mass is 10.2. The SMILES string of the molecule is Cc1cc(O)ccc1NC(=O)c1c[nH]c(=O)[nH]c1=O. The number of rotatable bonds is 2. The van der Waals surface area contributed by atoms with E-state index in [9.17, 15) is 19.5 Å². The lowest BCUT2D eigenvalue weighted by Gasteiger charge is -2.07. The third-order valence-electron chi connectivity index (χ3n) is 2.52. The predicted molar refractivity (Wildman–Crippen MR) is 68.5 cm³/mol. The molecule has 0 bridgehead atoms. The molecule has 0 saturated carbocycles. The fourth-order valence-corrected chi connectivity index (χ4v) is 1.56. The number of aryl methyl sites for hydroxylation is 1. The normalized spacial score (nSPS) is 10.2. The number of benzene rings is 1. The van der Waals surface area contributed by atoms with Gasteiger partial charge in [0.05, 0.1) is 0 Å². The molecule has 1 heterocycles. The Kier molecular flexibility index (Phi) is 3.19. The molecule has 1 aromatic carbocycles. The lowest BCUT2D eigenvalue weighted by Crippen LogP contribution is -2.29. The zero-order valence-corrected chi connectivity index (χ0v) is 9.98. The van der Waals surface area contributed by atoms with E-state index in [1.807, 2.05) is 4.98 Å². The highest BCUT2D eigenvalue weighted by atomic mass is 16.3. The number of phenols is 1. The third kappa shape index (κ3) is 2.71. The number of nitrogens with one attached hydrogen (secondary N) is 3. The van der Waals surface area contributed by atoms with E-state index in [0.29, 0.717) is 11.3 Å². The molecule has 0 aliphatic rings.